The molecule has 2 N–H and O–H groups in total. The molecule has 0 aliphatic heterocycles. The predicted octanol–water partition coefficient (Wildman–Crippen LogP) is 3.38. The number of rotatable bonds is 2. The lowest BCUT2D eigenvalue weighted by molar-refractivity contribution is 0.902. The van der Waals surface area contributed by atoms with Gasteiger partial charge in [0.2, 0.25) is 0 Å². The van der Waals surface area contributed by atoms with Crippen LogP contribution in [0.25, 0.3) is 10.8 Å². The van der Waals surface area contributed by atoms with Gasteiger partial charge in [-0.15, -0.1) is 0 Å². The fourth-order valence-corrected chi connectivity index (χ4v) is 3.10. The van der Waals surface area contributed by atoms with Crippen LogP contribution in [-0.2, 0) is 0 Å². The Labute approximate surface area is 121 Å². The summed E-state index contributed by atoms with van der Waals surface area (Å²) in [6, 6.07) is 7.79. The Morgan fingerprint density at radius 1 is 1.00 bits per heavy atom. The van der Waals surface area contributed by atoms with Gasteiger partial charge >= 0.3 is 0 Å². The van der Waals surface area contributed by atoms with E-state index in [1.165, 1.54) is 11.8 Å². The Balaban J connectivity index is 2.09. The molecule has 3 aromatic rings. The molecule has 0 spiro atoms. The normalized spacial score (nSPS) is 10.9. The quantitative estimate of drug-likeness (QED) is 0.576. The standard InChI is InChI=1S/C15H14N4S/c1-9-7-10(2)19-15(18-9)20-14-4-3-13(16)11-5-6-17-8-12(11)14/h3-8H,16H2,1-2H3. The Morgan fingerprint density at radius 2 is 1.75 bits per heavy atom. The van der Waals surface area contributed by atoms with Crippen molar-refractivity contribution in [1.29, 1.82) is 0 Å². The van der Waals surface area contributed by atoms with Crippen LogP contribution in [0.1, 0.15) is 11.4 Å². The van der Waals surface area contributed by atoms with Crippen molar-refractivity contribution in [2.24, 2.45) is 0 Å². The molecule has 2 heterocycles. The van der Waals surface area contributed by atoms with Crippen molar-refractivity contribution in [3.8, 4) is 0 Å². The molecule has 100 valence electrons. The summed E-state index contributed by atoms with van der Waals surface area (Å²) in [4.78, 5) is 14.2. The topological polar surface area (TPSA) is 64.7 Å². The number of benzene rings is 1. The molecule has 0 atom stereocenters. The van der Waals surface area contributed by atoms with Crippen LogP contribution in [-0.4, -0.2) is 15.0 Å². The molecule has 2 aromatic heterocycles. The third kappa shape index (κ3) is 2.44. The van der Waals surface area contributed by atoms with Crippen molar-refractivity contribution in [1.82, 2.24) is 15.0 Å². The number of hydrogen-bond acceptors (Lipinski definition) is 5. The van der Waals surface area contributed by atoms with Gasteiger partial charge in [-0.2, -0.15) is 0 Å². The van der Waals surface area contributed by atoms with E-state index in [-0.39, 0.29) is 0 Å². The van der Waals surface area contributed by atoms with Gasteiger partial charge < -0.3 is 5.73 Å². The SMILES string of the molecule is Cc1cc(C)nc(Sc2ccc(N)c3ccncc23)n1. The number of aromatic nitrogens is 3. The summed E-state index contributed by atoms with van der Waals surface area (Å²) in [5.74, 6) is 0. The first-order valence-corrected chi connectivity index (χ1v) is 7.07. The summed E-state index contributed by atoms with van der Waals surface area (Å²) in [7, 11) is 0. The van der Waals surface area contributed by atoms with E-state index in [2.05, 4.69) is 15.0 Å². The van der Waals surface area contributed by atoms with Gasteiger partial charge in [0.15, 0.2) is 5.16 Å². The molecule has 0 fully saturated rings. The highest BCUT2D eigenvalue weighted by Gasteiger charge is 2.08. The largest absolute Gasteiger partial charge is 0.398 e. The van der Waals surface area contributed by atoms with Crippen molar-refractivity contribution in [3.05, 3.63) is 48.0 Å². The van der Waals surface area contributed by atoms with Gasteiger partial charge in [-0.25, -0.2) is 9.97 Å². The first kappa shape index (κ1) is 12.9. The number of fused-ring (bicyclic) bond motifs is 1. The zero-order valence-electron chi connectivity index (χ0n) is 11.3. The van der Waals surface area contributed by atoms with Crippen LogP contribution >= 0.6 is 11.8 Å². The van der Waals surface area contributed by atoms with Crippen molar-refractivity contribution in [2.75, 3.05) is 5.73 Å². The average Bonchev–Trinajstić information content (AvgIpc) is 2.41. The predicted molar refractivity (Wildman–Crippen MR) is 81.8 cm³/mol. The van der Waals surface area contributed by atoms with E-state index < -0.39 is 0 Å². The summed E-state index contributed by atoms with van der Waals surface area (Å²) in [5, 5.41) is 2.78. The van der Waals surface area contributed by atoms with Crippen LogP contribution in [0.15, 0.2) is 46.7 Å². The highest BCUT2D eigenvalue weighted by Crippen LogP contribution is 2.33. The summed E-state index contributed by atoms with van der Waals surface area (Å²) < 4.78 is 0. The highest BCUT2D eigenvalue weighted by molar-refractivity contribution is 7.99. The zero-order valence-corrected chi connectivity index (χ0v) is 12.1. The van der Waals surface area contributed by atoms with Crippen LogP contribution in [0.3, 0.4) is 0 Å². The minimum Gasteiger partial charge on any atom is -0.398 e. The Morgan fingerprint density at radius 3 is 2.50 bits per heavy atom. The molecule has 0 aliphatic rings. The molecule has 3 rings (SSSR count). The second-order valence-corrected chi connectivity index (χ2v) is 5.62. The van der Waals surface area contributed by atoms with Crippen LogP contribution in [0.5, 0.6) is 0 Å². The summed E-state index contributed by atoms with van der Waals surface area (Å²) in [6.45, 7) is 3.95. The maximum absolute atomic E-state index is 6.00. The van der Waals surface area contributed by atoms with Crippen LogP contribution in [0.4, 0.5) is 5.69 Å². The molecular formula is C15H14N4S. The zero-order chi connectivity index (χ0) is 14.1. The molecule has 5 heteroatoms. The van der Waals surface area contributed by atoms with Gasteiger partial charge in [-0.3, -0.25) is 4.98 Å². The second-order valence-electron chi connectivity index (χ2n) is 4.61. The minimum absolute atomic E-state index is 0.748. The van der Waals surface area contributed by atoms with Gasteiger partial charge in [-0.1, -0.05) is 0 Å². The molecule has 0 unspecified atom stereocenters. The number of nitrogens with zero attached hydrogens (tertiary/aromatic N) is 3. The molecular weight excluding hydrogens is 268 g/mol. The molecule has 0 radical (unpaired) electrons. The maximum Gasteiger partial charge on any atom is 0.192 e. The molecule has 0 aliphatic carbocycles. The van der Waals surface area contributed by atoms with Crippen molar-refractivity contribution in [2.45, 2.75) is 23.9 Å². The number of hydrogen-bond donors (Lipinski definition) is 1. The van der Waals surface area contributed by atoms with Gasteiger partial charge in [0.1, 0.15) is 0 Å². The third-order valence-corrected chi connectivity index (χ3v) is 3.92. The van der Waals surface area contributed by atoms with Crippen molar-refractivity contribution >= 4 is 28.2 Å². The maximum atomic E-state index is 6.00. The van der Waals surface area contributed by atoms with Crippen molar-refractivity contribution in [3.63, 3.8) is 0 Å². The molecule has 1 aromatic carbocycles. The summed E-state index contributed by atoms with van der Waals surface area (Å²) in [6.07, 6.45) is 3.58. The van der Waals surface area contributed by atoms with Gasteiger partial charge in [0, 0.05) is 45.1 Å². The fraction of sp³-hybridized carbons (Fsp3) is 0.133. The van der Waals surface area contributed by atoms with Gasteiger partial charge in [0.05, 0.1) is 0 Å². The summed E-state index contributed by atoms with van der Waals surface area (Å²) >= 11 is 1.54. The number of nitrogen functional groups attached to an aromatic ring is 1. The monoisotopic (exact) mass is 282 g/mol. The average molecular weight is 282 g/mol. The molecule has 0 saturated carbocycles. The van der Waals surface area contributed by atoms with Crippen molar-refractivity contribution < 1.29 is 0 Å². The first-order chi connectivity index (χ1) is 9.63. The lowest BCUT2D eigenvalue weighted by Crippen LogP contribution is -1.93. The molecule has 0 saturated heterocycles. The van der Waals surface area contributed by atoms with E-state index in [0.29, 0.717) is 0 Å². The van der Waals surface area contributed by atoms with E-state index in [0.717, 1.165) is 37.9 Å². The lowest BCUT2D eigenvalue weighted by atomic mass is 10.1. The first-order valence-electron chi connectivity index (χ1n) is 6.26. The van der Waals surface area contributed by atoms with Crippen LogP contribution < -0.4 is 5.73 Å². The Hall–Kier alpha value is -2.14. The minimum atomic E-state index is 0.748. The van der Waals surface area contributed by atoms with E-state index in [1.807, 2.05) is 44.3 Å². The lowest BCUT2D eigenvalue weighted by Gasteiger charge is -2.08. The third-order valence-electron chi connectivity index (χ3n) is 2.97. The number of aryl methyl sites for hydroxylation is 2. The second kappa shape index (κ2) is 5.09. The smallest absolute Gasteiger partial charge is 0.192 e. The highest BCUT2D eigenvalue weighted by atomic mass is 32.2. The fourth-order valence-electron chi connectivity index (χ4n) is 2.11. The van der Waals surface area contributed by atoms with E-state index >= 15 is 0 Å². The van der Waals surface area contributed by atoms with Gasteiger partial charge in [-0.05, 0) is 49.9 Å². The van der Waals surface area contributed by atoms with Crippen LogP contribution in [0, 0.1) is 13.8 Å². The summed E-state index contributed by atoms with van der Waals surface area (Å²) in [5.41, 5.74) is 8.70. The molecule has 0 amide bonds. The van der Waals surface area contributed by atoms with E-state index in [9.17, 15) is 0 Å². The number of pyridine rings is 1. The Kier molecular flexibility index (Phi) is 3.28. The molecule has 0 bridgehead atoms. The molecule has 20 heavy (non-hydrogen) atoms. The van der Waals surface area contributed by atoms with Gasteiger partial charge in [0.25, 0.3) is 0 Å². The number of anilines is 1. The molecule has 4 nitrogen and oxygen atoms in total. The van der Waals surface area contributed by atoms with E-state index in [1.54, 1.807) is 6.20 Å². The Bertz CT molecular complexity index is 766. The van der Waals surface area contributed by atoms with E-state index in [4.69, 9.17) is 5.73 Å². The van der Waals surface area contributed by atoms with Crippen LogP contribution in [0.2, 0.25) is 0 Å². The number of nitrogens with two attached hydrogens (primary N) is 1.